The van der Waals surface area contributed by atoms with Gasteiger partial charge in [-0.05, 0) is 37.0 Å². The van der Waals surface area contributed by atoms with Gasteiger partial charge in [0.25, 0.3) is 0 Å². The first-order valence-corrected chi connectivity index (χ1v) is 13.9. The van der Waals surface area contributed by atoms with Gasteiger partial charge in [0, 0.05) is 18.7 Å². The van der Waals surface area contributed by atoms with Crippen LogP contribution in [0.4, 0.5) is 4.39 Å². The van der Waals surface area contributed by atoms with Crippen molar-refractivity contribution in [2.24, 2.45) is 0 Å². The zero-order valence-electron chi connectivity index (χ0n) is 22.2. The minimum atomic E-state index is -0.522. The molecule has 0 bridgehead atoms. The second-order valence-electron chi connectivity index (χ2n) is 9.70. The maximum atomic E-state index is 14.8. The molecule has 2 aromatic rings. The van der Waals surface area contributed by atoms with E-state index < -0.39 is 5.92 Å². The van der Waals surface area contributed by atoms with E-state index in [1.165, 1.54) is 57.4 Å². The number of carbonyl (C=O) groups is 1. The van der Waals surface area contributed by atoms with Crippen LogP contribution in [-0.4, -0.2) is 24.1 Å². The molecule has 2 rings (SSSR count). The fourth-order valence-corrected chi connectivity index (χ4v) is 4.33. The Hall–Kier alpha value is -2.20. The second kappa shape index (κ2) is 17.3. The van der Waals surface area contributed by atoms with E-state index in [1.54, 1.807) is 13.0 Å². The van der Waals surface area contributed by atoms with Crippen LogP contribution >= 0.6 is 0 Å². The standard InChI is InChI=1S/C31H46FNO2/c1-4-6-8-10-12-17-23-33(24-18-13-11-9-7-5-2)35-31(34)26(3)28-21-22-29(30(32)25-28)27-19-15-14-16-20-27/h14-16,19-22,25-26H,4-13,17-18,23-24H2,1-3H3. The molecule has 0 heterocycles. The van der Waals surface area contributed by atoms with Crippen LogP contribution in [0.1, 0.15) is 109 Å². The Morgan fingerprint density at radius 1 is 0.800 bits per heavy atom. The van der Waals surface area contributed by atoms with E-state index in [-0.39, 0.29) is 11.8 Å². The molecular formula is C31H46FNO2. The van der Waals surface area contributed by atoms with E-state index in [2.05, 4.69) is 13.8 Å². The summed E-state index contributed by atoms with van der Waals surface area (Å²) >= 11 is 0. The number of hydrogen-bond donors (Lipinski definition) is 0. The minimum Gasteiger partial charge on any atom is -0.367 e. The van der Waals surface area contributed by atoms with Gasteiger partial charge < -0.3 is 4.84 Å². The highest BCUT2D eigenvalue weighted by Gasteiger charge is 2.22. The Balaban J connectivity index is 1.93. The predicted molar refractivity (Wildman–Crippen MR) is 145 cm³/mol. The van der Waals surface area contributed by atoms with Gasteiger partial charge in [-0.1, -0.05) is 121 Å². The third-order valence-electron chi connectivity index (χ3n) is 6.67. The SMILES string of the molecule is CCCCCCCCN(CCCCCCCC)OC(=O)C(C)c1ccc(-c2ccccc2)c(F)c1. The third-order valence-corrected chi connectivity index (χ3v) is 6.67. The van der Waals surface area contributed by atoms with Crippen LogP contribution < -0.4 is 0 Å². The quantitative estimate of drug-likeness (QED) is 0.156. The molecule has 1 atom stereocenters. The molecular weight excluding hydrogens is 437 g/mol. The molecule has 2 aromatic carbocycles. The first kappa shape index (κ1) is 29.0. The van der Waals surface area contributed by atoms with Gasteiger partial charge in [0.1, 0.15) is 5.82 Å². The Labute approximate surface area is 213 Å². The van der Waals surface area contributed by atoms with Gasteiger partial charge in [0.15, 0.2) is 0 Å². The third kappa shape index (κ3) is 10.9. The number of hydroxylamine groups is 2. The van der Waals surface area contributed by atoms with Crippen molar-refractivity contribution in [3.63, 3.8) is 0 Å². The Morgan fingerprint density at radius 3 is 1.89 bits per heavy atom. The van der Waals surface area contributed by atoms with Crippen molar-refractivity contribution in [3.05, 3.63) is 59.9 Å². The van der Waals surface area contributed by atoms with Gasteiger partial charge in [-0.3, -0.25) is 0 Å². The molecule has 3 nitrogen and oxygen atoms in total. The van der Waals surface area contributed by atoms with E-state index in [9.17, 15) is 9.18 Å². The largest absolute Gasteiger partial charge is 0.367 e. The van der Waals surface area contributed by atoms with Crippen LogP contribution in [0, 0.1) is 5.82 Å². The zero-order valence-corrected chi connectivity index (χ0v) is 22.2. The lowest BCUT2D eigenvalue weighted by atomic mass is 9.97. The molecule has 0 aromatic heterocycles. The lowest BCUT2D eigenvalue weighted by molar-refractivity contribution is -0.193. The average molecular weight is 484 g/mol. The number of unbranched alkanes of at least 4 members (excludes halogenated alkanes) is 10. The summed E-state index contributed by atoms with van der Waals surface area (Å²) in [6.45, 7) is 7.78. The summed E-state index contributed by atoms with van der Waals surface area (Å²) in [6.07, 6.45) is 14.4. The van der Waals surface area contributed by atoms with Gasteiger partial charge in [0.2, 0.25) is 0 Å². The topological polar surface area (TPSA) is 29.5 Å². The highest BCUT2D eigenvalue weighted by atomic mass is 19.1. The van der Waals surface area contributed by atoms with E-state index >= 15 is 0 Å². The molecule has 0 spiro atoms. The van der Waals surface area contributed by atoms with Crippen molar-refractivity contribution in [1.82, 2.24) is 5.06 Å². The van der Waals surface area contributed by atoms with E-state index in [0.29, 0.717) is 11.1 Å². The zero-order chi connectivity index (χ0) is 25.3. The molecule has 0 aliphatic carbocycles. The Kier molecular flexibility index (Phi) is 14.3. The highest BCUT2D eigenvalue weighted by Crippen LogP contribution is 2.27. The van der Waals surface area contributed by atoms with E-state index in [4.69, 9.17) is 4.84 Å². The van der Waals surface area contributed by atoms with Gasteiger partial charge in [-0.25, -0.2) is 9.18 Å². The Bertz CT molecular complexity index is 823. The summed E-state index contributed by atoms with van der Waals surface area (Å²) < 4.78 is 14.8. The van der Waals surface area contributed by atoms with Crippen LogP contribution in [0.25, 0.3) is 11.1 Å². The van der Waals surface area contributed by atoms with Crippen molar-refractivity contribution < 1.29 is 14.0 Å². The lowest BCUT2D eigenvalue weighted by Gasteiger charge is -2.23. The van der Waals surface area contributed by atoms with Gasteiger partial charge in [-0.2, -0.15) is 0 Å². The fourth-order valence-electron chi connectivity index (χ4n) is 4.33. The molecule has 1 unspecified atom stereocenters. The van der Waals surface area contributed by atoms with Gasteiger partial charge >= 0.3 is 5.97 Å². The summed E-state index contributed by atoms with van der Waals surface area (Å²) in [5, 5.41) is 1.85. The van der Waals surface area contributed by atoms with Crippen molar-refractivity contribution in [1.29, 1.82) is 0 Å². The molecule has 0 radical (unpaired) electrons. The molecule has 0 saturated heterocycles. The smallest absolute Gasteiger partial charge is 0.332 e. The summed E-state index contributed by atoms with van der Waals surface area (Å²) in [7, 11) is 0. The molecule has 0 aliphatic rings. The van der Waals surface area contributed by atoms with Crippen LogP contribution in [0.2, 0.25) is 0 Å². The molecule has 0 fully saturated rings. The lowest BCUT2D eigenvalue weighted by Crippen LogP contribution is -2.31. The average Bonchev–Trinajstić information content (AvgIpc) is 2.87. The predicted octanol–water partition coefficient (Wildman–Crippen LogP) is 9.08. The highest BCUT2D eigenvalue weighted by molar-refractivity contribution is 5.78. The number of carbonyl (C=O) groups excluding carboxylic acids is 1. The monoisotopic (exact) mass is 483 g/mol. The number of halogens is 1. The van der Waals surface area contributed by atoms with Gasteiger partial charge in [0.05, 0.1) is 5.92 Å². The molecule has 4 heteroatoms. The molecule has 35 heavy (non-hydrogen) atoms. The second-order valence-corrected chi connectivity index (χ2v) is 9.70. The summed E-state index contributed by atoms with van der Waals surface area (Å²) in [5.74, 6) is -1.15. The van der Waals surface area contributed by atoms with Crippen molar-refractivity contribution in [2.45, 2.75) is 104 Å². The first-order valence-electron chi connectivity index (χ1n) is 13.9. The first-order chi connectivity index (χ1) is 17.1. The summed E-state index contributed by atoms with van der Waals surface area (Å²) in [5.41, 5.74) is 2.02. The van der Waals surface area contributed by atoms with Crippen LogP contribution in [-0.2, 0) is 9.63 Å². The summed E-state index contributed by atoms with van der Waals surface area (Å²) in [4.78, 5) is 18.8. The fraction of sp³-hybridized carbons (Fsp3) is 0.581. The normalized spacial score (nSPS) is 12.1. The van der Waals surface area contributed by atoms with Crippen LogP contribution in [0.5, 0.6) is 0 Å². The van der Waals surface area contributed by atoms with E-state index in [1.807, 2.05) is 41.5 Å². The molecule has 0 saturated carbocycles. The van der Waals surface area contributed by atoms with Crippen LogP contribution in [0.3, 0.4) is 0 Å². The molecule has 0 amide bonds. The number of nitrogens with zero attached hydrogens (tertiary/aromatic N) is 1. The van der Waals surface area contributed by atoms with Crippen LogP contribution in [0.15, 0.2) is 48.5 Å². The molecule has 194 valence electrons. The van der Waals surface area contributed by atoms with Crippen molar-refractivity contribution in [3.8, 4) is 11.1 Å². The minimum absolute atomic E-state index is 0.311. The van der Waals surface area contributed by atoms with Crippen molar-refractivity contribution >= 4 is 5.97 Å². The Morgan fingerprint density at radius 2 is 1.34 bits per heavy atom. The number of hydrogen-bond acceptors (Lipinski definition) is 3. The van der Waals surface area contributed by atoms with Gasteiger partial charge in [-0.15, -0.1) is 5.06 Å². The molecule has 0 aliphatic heterocycles. The van der Waals surface area contributed by atoms with E-state index in [0.717, 1.165) is 44.3 Å². The number of benzene rings is 2. The maximum Gasteiger partial charge on any atom is 0.332 e. The van der Waals surface area contributed by atoms with Crippen molar-refractivity contribution in [2.75, 3.05) is 13.1 Å². The molecule has 0 N–H and O–H groups in total. The number of rotatable bonds is 18. The maximum absolute atomic E-state index is 14.8. The summed E-state index contributed by atoms with van der Waals surface area (Å²) in [6, 6.07) is 14.5.